The zero-order valence-corrected chi connectivity index (χ0v) is 18.3. The summed E-state index contributed by atoms with van der Waals surface area (Å²) in [5.74, 6) is 0.920. The van der Waals surface area contributed by atoms with Crippen LogP contribution in [-0.4, -0.2) is 30.8 Å². The van der Waals surface area contributed by atoms with Gasteiger partial charge in [-0.2, -0.15) is 5.10 Å². The van der Waals surface area contributed by atoms with E-state index in [1.807, 2.05) is 12.1 Å². The highest BCUT2D eigenvalue weighted by molar-refractivity contribution is 6.30. The lowest BCUT2D eigenvalue weighted by atomic mass is 10.2. The number of amides is 1. The van der Waals surface area contributed by atoms with Gasteiger partial charge in [-0.25, -0.2) is 5.43 Å². The zero-order chi connectivity index (χ0) is 23.6. The number of non-ortho nitro benzene ring substituents is 1. The van der Waals surface area contributed by atoms with Gasteiger partial charge in [-0.1, -0.05) is 23.7 Å². The van der Waals surface area contributed by atoms with Gasteiger partial charge < -0.3 is 14.2 Å². The first-order chi connectivity index (χ1) is 15.9. The van der Waals surface area contributed by atoms with Crippen LogP contribution in [0.5, 0.6) is 17.2 Å². The van der Waals surface area contributed by atoms with Crippen molar-refractivity contribution < 1.29 is 23.9 Å². The first-order valence-corrected chi connectivity index (χ1v) is 10.1. The lowest BCUT2D eigenvalue weighted by molar-refractivity contribution is -0.384. The summed E-state index contributed by atoms with van der Waals surface area (Å²) in [4.78, 5) is 22.0. The molecule has 3 aromatic carbocycles. The number of rotatable bonds is 10. The SMILES string of the molecule is COc1cc(/C=N/NC(=O)COc2ccc([N+](=O)[O-])cc2)ccc1OCc1ccc(Cl)cc1. The van der Waals surface area contributed by atoms with E-state index in [1.165, 1.54) is 37.6 Å². The Labute approximate surface area is 194 Å². The molecular weight excluding hydrogens is 450 g/mol. The Morgan fingerprint density at radius 2 is 1.79 bits per heavy atom. The zero-order valence-electron chi connectivity index (χ0n) is 17.6. The molecule has 10 heteroatoms. The number of benzene rings is 3. The van der Waals surface area contributed by atoms with E-state index in [9.17, 15) is 14.9 Å². The van der Waals surface area contributed by atoms with Crippen LogP contribution in [0, 0.1) is 10.1 Å². The van der Waals surface area contributed by atoms with Crippen molar-refractivity contribution in [2.24, 2.45) is 5.10 Å². The van der Waals surface area contributed by atoms with E-state index in [0.717, 1.165) is 5.56 Å². The molecule has 0 saturated carbocycles. The molecule has 0 aliphatic carbocycles. The molecule has 0 fully saturated rings. The van der Waals surface area contributed by atoms with E-state index >= 15 is 0 Å². The van der Waals surface area contributed by atoms with Crippen molar-refractivity contribution in [3.63, 3.8) is 0 Å². The highest BCUT2D eigenvalue weighted by Crippen LogP contribution is 2.28. The lowest BCUT2D eigenvalue weighted by Gasteiger charge is -2.11. The highest BCUT2D eigenvalue weighted by Gasteiger charge is 2.08. The van der Waals surface area contributed by atoms with Crippen LogP contribution < -0.4 is 19.6 Å². The number of nitrogens with zero attached hydrogens (tertiary/aromatic N) is 2. The molecule has 1 N–H and O–H groups in total. The summed E-state index contributed by atoms with van der Waals surface area (Å²) < 4.78 is 16.5. The third-order valence-corrected chi connectivity index (χ3v) is 4.57. The molecule has 3 rings (SSSR count). The number of nitro benzene ring substituents is 1. The summed E-state index contributed by atoms with van der Waals surface area (Å²) in [6.07, 6.45) is 1.45. The molecular formula is C23H20ClN3O6. The second-order valence-corrected chi connectivity index (χ2v) is 7.09. The average molecular weight is 470 g/mol. The van der Waals surface area contributed by atoms with E-state index < -0.39 is 10.8 Å². The Hall–Kier alpha value is -4.11. The van der Waals surface area contributed by atoms with Crippen molar-refractivity contribution >= 4 is 29.4 Å². The molecule has 33 heavy (non-hydrogen) atoms. The number of hydrogen-bond acceptors (Lipinski definition) is 7. The number of nitrogens with one attached hydrogen (secondary N) is 1. The predicted octanol–water partition coefficient (Wildman–Crippen LogP) is 4.36. The van der Waals surface area contributed by atoms with E-state index in [1.54, 1.807) is 30.3 Å². The molecule has 0 aliphatic rings. The summed E-state index contributed by atoms with van der Waals surface area (Å²) in [7, 11) is 1.53. The molecule has 0 aliphatic heterocycles. The maximum Gasteiger partial charge on any atom is 0.277 e. The Kier molecular flexibility index (Phi) is 8.20. The normalized spacial score (nSPS) is 10.6. The fourth-order valence-electron chi connectivity index (χ4n) is 2.65. The third-order valence-electron chi connectivity index (χ3n) is 4.32. The molecule has 1 amide bonds. The molecule has 0 aromatic heterocycles. The van der Waals surface area contributed by atoms with Crippen LogP contribution in [-0.2, 0) is 11.4 Å². The standard InChI is InChI=1S/C23H20ClN3O6/c1-31-22-12-17(4-11-21(22)33-14-16-2-5-18(24)6-3-16)13-25-26-23(28)15-32-20-9-7-19(8-10-20)27(29)30/h2-13H,14-15H2,1H3,(H,26,28)/b25-13+. The predicted molar refractivity (Wildman–Crippen MR) is 123 cm³/mol. The number of carbonyl (C=O) groups excluding carboxylic acids is 1. The number of nitro groups is 1. The minimum absolute atomic E-state index is 0.0618. The molecule has 0 atom stereocenters. The first-order valence-electron chi connectivity index (χ1n) is 9.69. The summed E-state index contributed by atoms with van der Waals surface area (Å²) in [6, 6.07) is 18.0. The van der Waals surface area contributed by atoms with Gasteiger partial charge in [0.05, 0.1) is 18.2 Å². The second-order valence-electron chi connectivity index (χ2n) is 6.66. The van der Waals surface area contributed by atoms with Gasteiger partial charge in [0, 0.05) is 17.2 Å². The molecule has 0 heterocycles. The van der Waals surface area contributed by atoms with Crippen molar-refractivity contribution in [1.29, 1.82) is 0 Å². The summed E-state index contributed by atoms with van der Waals surface area (Å²) in [5.41, 5.74) is 3.93. The monoisotopic (exact) mass is 469 g/mol. The van der Waals surface area contributed by atoms with E-state index in [0.29, 0.717) is 34.4 Å². The first kappa shape index (κ1) is 23.6. The molecule has 0 spiro atoms. The molecule has 9 nitrogen and oxygen atoms in total. The van der Waals surface area contributed by atoms with Gasteiger partial charge in [0.2, 0.25) is 0 Å². The van der Waals surface area contributed by atoms with Gasteiger partial charge >= 0.3 is 0 Å². The maximum absolute atomic E-state index is 11.9. The topological polar surface area (TPSA) is 112 Å². The van der Waals surface area contributed by atoms with Crippen LogP contribution in [0.1, 0.15) is 11.1 Å². The van der Waals surface area contributed by atoms with Crippen LogP contribution in [0.2, 0.25) is 5.02 Å². The number of ether oxygens (including phenoxy) is 3. The Bertz CT molecular complexity index is 1130. The molecule has 0 bridgehead atoms. The second kappa shape index (κ2) is 11.5. The van der Waals surface area contributed by atoms with Crippen molar-refractivity contribution in [3.05, 3.63) is 93.0 Å². The van der Waals surface area contributed by atoms with Gasteiger partial charge in [0.15, 0.2) is 18.1 Å². The lowest BCUT2D eigenvalue weighted by Crippen LogP contribution is -2.24. The summed E-state index contributed by atoms with van der Waals surface area (Å²) >= 11 is 5.89. The number of halogens is 1. The smallest absolute Gasteiger partial charge is 0.277 e. The minimum atomic E-state index is -0.515. The Balaban J connectivity index is 1.50. The fourth-order valence-corrected chi connectivity index (χ4v) is 2.78. The highest BCUT2D eigenvalue weighted by atomic mass is 35.5. The number of carbonyl (C=O) groups is 1. The van der Waals surface area contributed by atoms with Gasteiger partial charge in [-0.15, -0.1) is 0 Å². The fraction of sp³-hybridized carbons (Fsp3) is 0.130. The van der Waals surface area contributed by atoms with Gasteiger partial charge in [-0.05, 0) is 53.6 Å². The maximum atomic E-state index is 11.9. The van der Waals surface area contributed by atoms with Crippen LogP contribution in [0.25, 0.3) is 0 Å². The van der Waals surface area contributed by atoms with Gasteiger partial charge in [0.25, 0.3) is 11.6 Å². The van der Waals surface area contributed by atoms with Gasteiger partial charge in [0.1, 0.15) is 12.4 Å². The van der Waals surface area contributed by atoms with Crippen LogP contribution in [0.3, 0.4) is 0 Å². The quantitative estimate of drug-likeness (QED) is 0.268. The number of hydrogen-bond donors (Lipinski definition) is 1. The van der Waals surface area contributed by atoms with E-state index in [2.05, 4.69) is 10.5 Å². The van der Waals surface area contributed by atoms with Crippen molar-refractivity contribution in [2.75, 3.05) is 13.7 Å². The van der Waals surface area contributed by atoms with Crippen LogP contribution in [0.4, 0.5) is 5.69 Å². The summed E-state index contributed by atoms with van der Waals surface area (Å²) in [6.45, 7) is 0.0573. The minimum Gasteiger partial charge on any atom is -0.493 e. The Morgan fingerprint density at radius 1 is 1.06 bits per heavy atom. The third kappa shape index (κ3) is 7.22. The van der Waals surface area contributed by atoms with Crippen molar-refractivity contribution in [3.8, 4) is 17.2 Å². The molecule has 3 aromatic rings. The Morgan fingerprint density at radius 3 is 2.45 bits per heavy atom. The molecule has 170 valence electrons. The molecule has 0 radical (unpaired) electrons. The molecule has 0 saturated heterocycles. The van der Waals surface area contributed by atoms with Crippen molar-refractivity contribution in [1.82, 2.24) is 5.43 Å². The number of hydrazone groups is 1. The van der Waals surface area contributed by atoms with E-state index in [-0.39, 0.29) is 12.3 Å². The van der Waals surface area contributed by atoms with Crippen LogP contribution in [0.15, 0.2) is 71.8 Å². The van der Waals surface area contributed by atoms with E-state index in [4.69, 9.17) is 25.8 Å². The average Bonchev–Trinajstić information content (AvgIpc) is 2.83. The largest absolute Gasteiger partial charge is 0.493 e. The summed E-state index contributed by atoms with van der Waals surface area (Å²) in [5, 5.41) is 15.2. The number of methoxy groups -OCH3 is 1. The van der Waals surface area contributed by atoms with Gasteiger partial charge in [-0.3, -0.25) is 14.9 Å². The molecule has 0 unspecified atom stereocenters. The van der Waals surface area contributed by atoms with Crippen LogP contribution >= 0.6 is 11.6 Å². The van der Waals surface area contributed by atoms with Crippen molar-refractivity contribution in [2.45, 2.75) is 6.61 Å².